The number of urea groups is 1. The van der Waals surface area contributed by atoms with Gasteiger partial charge in [-0.15, -0.1) is 0 Å². The molecular formula is C16H22N4O4S2. The molecule has 0 spiro atoms. The Balaban J connectivity index is 1.38. The van der Waals surface area contributed by atoms with Crippen LogP contribution in [0.4, 0.5) is 9.93 Å². The molecular weight excluding hydrogens is 376 g/mol. The number of hydrogen-bond donors (Lipinski definition) is 3. The second-order valence-corrected chi connectivity index (χ2v) is 8.61. The number of nitrogens with zero attached hydrogens (tertiary/aromatic N) is 1. The van der Waals surface area contributed by atoms with Crippen molar-refractivity contribution in [2.24, 2.45) is 0 Å². The van der Waals surface area contributed by atoms with Crippen LogP contribution < -0.4 is 16.0 Å². The second-order valence-electron chi connectivity index (χ2n) is 6.34. The molecule has 1 aromatic heterocycles. The van der Waals surface area contributed by atoms with Gasteiger partial charge in [0, 0.05) is 17.4 Å². The highest BCUT2D eigenvalue weighted by molar-refractivity contribution is 8.00. The molecule has 142 valence electrons. The highest BCUT2D eigenvalue weighted by Crippen LogP contribution is 2.33. The number of fused-ring (bicyclic) bond motifs is 1. The maximum atomic E-state index is 12.1. The van der Waals surface area contributed by atoms with Crippen molar-refractivity contribution in [2.75, 3.05) is 18.2 Å². The van der Waals surface area contributed by atoms with E-state index in [1.54, 1.807) is 6.92 Å². The van der Waals surface area contributed by atoms with Gasteiger partial charge in [0.05, 0.1) is 24.9 Å². The second kappa shape index (κ2) is 8.26. The summed E-state index contributed by atoms with van der Waals surface area (Å²) >= 11 is 3.00. The van der Waals surface area contributed by atoms with Crippen molar-refractivity contribution in [1.82, 2.24) is 15.6 Å². The fourth-order valence-corrected chi connectivity index (χ4v) is 5.63. The van der Waals surface area contributed by atoms with Gasteiger partial charge < -0.3 is 20.7 Å². The predicted octanol–water partition coefficient (Wildman–Crippen LogP) is 1.90. The molecule has 0 radical (unpaired) electrons. The molecule has 2 aliphatic heterocycles. The maximum Gasteiger partial charge on any atom is 0.350 e. The number of thiazole rings is 1. The zero-order valence-corrected chi connectivity index (χ0v) is 16.3. The predicted molar refractivity (Wildman–Crippen MR) is 101 cm³/mol. The molecule has 2 fully saturated rings. The summed E-state index contributed by atoms with van der Waals surface area (Å²) in [5.74, 6) is 0.393. The Morgan fingerprint density at radius 2 is 2.15 bits per heavy atom. The highest BCUT2D eigenvalue weighted by atomic mass is 32.2. The summed E-state index contributed by atoms with van der Waals surface area (Å²) < 4.78 is 4.69. The van der Waals surface area contributed by atoms with Crippen molar-refractivity contribution in [3.8, 4) is 0 Å². The lowest BCUT2D eigenvalue weighted by Crippen LogP contribution is -2.36. The van der Waals surface area contributed by atoms with Gasteiger partial charge in [-0.25, -0.2) is 14.6 Å². The molecule has 3 amide bonds. The number of thioether (sulfide) groups is 1. The first kappa shape index (κ1) is 19.0. The Kier molecular flexibility index (Phi) is 6.02. The number of aromatic nitrogens is 1. The van der Waals surface area contributed by atoms with Crippen LogP contribution in [0.15, 0.2) is 0 Å². The first-order valence-corrected chi connectivity index (χ1v) is 10.4. The van der Waals surface area contributed by atoms with E-state index in [0.717, 1.165) is 36.4 Å². The Labute approximate surface area is 159 Å². The lowest BCUT2D eigenvalue weighted by Gasteiger charge is -2.16. The van der Waals surface area contributed by atoms with Crippen LogP contribution in [-0.4, -0.2) is 53.1 Å². The molecule has 0 saturated carbocycles. The summed E-state index contributed by atoms with van der Waals surface area (Å²) in [4.78, 5) is 39.6. The molecule has 2 saturated heterocycles. The standard InChI is InChI=1S/C16H22N4O4S2/c1-8-13(14(22)24-2)26-16(17-8)19-11(21)6-4-3-5-10-12-9(7-25-10)18-15(23)20-12/h9-10,12H,3-7H2,1-2H3,(H,17,19,21)(H2,18,20,23)/t9-,10-,12?/m0/s1. The van der Waals surface area contributed by atoms with Crippen LogP contribution in [0.2, 0.25) is 0 Å². The molecule has 0 bridgehead atoms. The van der Waals surface area contributed by atoms with Gasteiger partial charge in [-0.1, -0.05) is 17.8 Å². The number of nitrogens with one attached hydrogen (secondary N) is 3. The molecule has 0 aliphatic carbocycles. The van der Waals surface area contributed by atoms with E-state index in [0.29, 0.717) is 27.4 Å². The maximum absolute atomic E-state index is 12.1. The van der Waals surface area contributed by atoms with Crippen LogP contribution in [0.1, 0.15) is 41.0 Å². The van der Waals surface area contributed by atoms with Crippen LogP contribution in [0.25, 0.3) is 0 Å². The Morgan fingerprint density at radius 1 is 1.35 bits per heavy atom. The van der Waals surface area contributed by atoms with Crippen molar-refractivity contribution in [3.05, 3.63) is 10.6 Å². The topological polar surface area (TPSA) is 109 Å². The Hall–Kier alpha value is -1.81. The third kappa shape index (κ3) is 4.29. The number of ether oxygens (including phenoxy) is 1. The van der Waals surface area contributed by atoms with E-state index in [1.807, 2.05) is 11.8 Å². The zero-order chi connectivity index (χ0) is 18.7. The van der Waals surface area contributed by atoms with Crippen LogP contribution in [0, 0.1) is 6.92 Å². The van der Waals surface area contributed by atoms with Crippen LogP contribution in [-0.2, 0) is 9.53 Å². The summed E-state index contributed by atoms with van der Waals surface area (Å²) in [6.07, 6.45) is 3.08. The third-order valence-corrected chi connectivity index (χ3v) is 7.06. The Morgan fingerprint density at radius 3 is 2.92 bits per heavy atom. The van der Waals surface area contributed by atoms with Crippen LogP contribution >= 0.6 is 23.1 Å². The van der Waals surface area contributed by atoms with Gasteiger partial charge in [-0.2, -0.15) is 11.8 Å². The average molecular weight is 399 g/mol. The zero-order valence-electron chi connectivity index (χ0n) is 14.7. The number of anilines is 1. The molecule has 1 aromatic rings. The molecule has 3 heterocycles. The number of esters is 1. The van der Waals surface area contributed by atoms with Gasteiger partial charge in [0.2, 0.25) is 5.91 Å². The fraction of sp³-hybridized carbons (Fsp3) is 0.625. The van der Waals surface area contributed by atoms with Crippen molar-refractivity contribution in [3.63, 3.8) is 0 Å². The minimum atomic E-state index is -0.443. The van der Waals surface area contributed by atoms with E-state index in [1.165, 1.54) is 7.11 Å². The van der Waals surface area contributed by atoms with Crippen molar-refractivity contribution in [1.29, 1.82) is 0 Å². The van der Waals surface area contributed by atoms with Gasteiger partial charge >= 0.3 is 12.0 Å². The number of rotatable bonds is 7. The molecule has 1 unspecified atom stereocenters. The monoisotopic (exact) mass is 398 g/mol. The molecule has 26 heavy (non-hydrogen) atoms. The van der Waals surface area contributed by atoms with E-state index >= 15 is 0 Å². The van der Waals surface area contributed by atoms with Gasteiger partial charge in [-0.05, 0) is 19.8 Å². The molecule has 3 atom stereocenters. The van der Waals surface area contributed by atoms with Gasteiger partial charge in [0.1, 0.15) is 4.88 Å². The van der Waals surface area contributed by atoms with Gasteiger partial charge in [0.25, 0.3) is 0 Å². The normalized spacial score (nSPS) is 23.9. The summed E-state index contributed by atoms with van der Waals surface area (Å²) in [7, 11) is 1.32. The van der Waals surface area contributed by atoms with Crippen molar-refractivity contribution < 1.29 is 19.1 Å². The minimum Gasteiger partial charge on any atom is -0.465 e. The average Bonchev–Trinajstić information content (AvgIpc) is 3.25. The summed E-state index contributed by atoms with van der Waals surface area (Å²) in [5, 5.41) is 9.47. The third-order valence-electron chi connectivity index (χ3n) is 4.49. The molecule has 8 nitrogen and oxygen atoms in total. The number of amides is 3. The quantitative estimate of drug-likeness (QED) is 0.368. The molecule has 0 aromatic carbocycles. The molecule has 3 rings (SSSR count). The van der Waals surface area contributed by atoms with E-state index in [9.17, 15) is 14.4 Å². The van der Waals surface area contributed by atoms with Crippen LogP contribution in [0.3, 0.4) is 0 Å². The number of carbonyl (C=O) groups excluding carboxylic acids is 3. The molecule has 10 heteroatoms. The summed E-state index contributed by atoms with van der Waals surface area (Å²) in [6.45, 7) is 1.71. The molecule has 3 N–H and O–H groups in total. The first-order valence-electron chi connectivity index (χ1n) is 8.52. The minimum absolute atomic E-state index is 0.0743. The first-order chi connectivity index (χ1) is 12.5. The highest BCUT2D eigenvalue weighted by Gasteiger charge is 2.42. The SMILES string of the molecule is COC(=O)c1sc(NC(=O)CCCC[C@@H]2SC[C@@H]3NC(=O)NC32)nc1C. The number of carbonyl (C=O) groups is 3. The Bertz CT molecular complexity index is 708. The van der Waals surface area contributed by atoms with Crippen LogP contribution in [0.5, 0.6) is 0 Å². The number of hydrogen-bond acceptors (Lipinski definition) is 7. The number of unbranched alkanes of at least 4 members (excludes halogenated alkanes) is 1. The van der Waals surface area contributed by atoms with Crippen molar-refractivity contribution >= 4 is 46.1 Å². The van der Waals surface area contributed by atoms with E-state index < -0.39 is 5.97 Å². The van der Waals surface area contributed by atoms with E-state index in [-0.39, 0.29) is 24.0 Å². The lowest BCUT2D eigenvalue weighted by atomic mass is 10.0. The van der Waals surface area contributed by atoms with Crippen molar-refractivity contribution in [2.45, 2.75) is 49.9 Å². The lowest BCUT2D eigenvalue weighted by molar-refractivity contribution is -0.116. The van der Waals surface area contributed by atoms with E-state index in [4.69, 9.17) is 0 Å². The summed E-state index contributed by atoms with van der Waals surface area (Å²) in [6, 6.07) is 0.365. The summed E-state index contributed by atoms with van der Waals surface area (Å²) in [5.41, 5.74) is 0.553. The van der Waals surface area contributed by atoms with E-state index in [2.05, 4.69) is 25.7 Å². The smallest absolute Gasteiger partial charge is 0.350 e. The van der Waals surface area contributed by atoms with Gasteiger partial charge in [0.15, 0.2) is 5.13 Å². The molecule has 2 aliphatic rings. The number of aryl methyl sites for hydroxylation is 1. The van der Waals surface area contributed by atoms with Gasteiger partial charge in [-0.3, -0.25) is 4.79 Å². The fourth-order valence-electron chi connectivity index (χ4n) is 3.19. The largest absolute Gasteiger partial charge is 0.465 e. The number of methoxy groups -OCH3 is 1.